The summed E-state index contributed by atoms with van der Waals surface area (Å²) in [5.74, 6) is 0.929. The van der Waals surface area contributed by atoms with Crippen LogP contribution in [0.4, 0.5) is 0 Å². The standard InChI is InChI=1S/C18H28N2O/c1-12(2)16-14-5-6-18(7-9-21-10-8-18)11-15(14)17(13(3)4)20-19-16/h12-13H,5-11H2,1-4H3. The van der Waals surface area contributed by atoms with Gasteiger partial charge in [0, 0.05) is 13.2 Å². The lowest BCUT2D eigenvalue weighted by molar-refractivity contribution is 0.00714. The van der Waals surface area contributed by atoms with E-state index in [1.165, 1.54) is 54.6 Å². The average molecular weight is 288 g/mol. The minimum absolute atomic E-state index is 0.461. The topological polar surface area (TPSA) is 35.0 Å². The molecule has 0 unspecified atom stereocenters. The van der Waals surface area contributed by atoms with Crippen LogP contribution in [0.5, 0.6) is 0 Å². The van der Waals surface area contributed by atoms with E-state index < -0.39 is 0 Å². The second kappa shape index (κ2) is 5.68. The van der Waals surface area contributed by atoms with E-state index in [1.807, 2.05) is 0 Å². The van der Waals surface area contributed by atoms with E-state index in [9.17, 15) is 0 Å². The van der Waals surface area contributed by atoms with Crippen molar-refractivity contribution >= 4 is 0 Å². The first-order valence-electron chi connectivity index (χ1n) is 8.48. The van der Waals surface area contributed by atoms with Gasteiger partial charge in [-0.05, 0) is 60.5 Å². The minimum Gasteiger partial charge on any atom is -0.381 e. The van der Waals surface area contributed by atoms with Gasteiger partial charge in [0.15, 0.2) is 0 Å². The van der Waals surface area contributed by atoms with Gasteiger partial charge in [-0.1, -0.05) is 27.7 Å². The third-order valence-electron chi connectivity index (χ3n) is 5.35. The highest BCUT2D eigenvalue weighted by Gasteiger charge is 2.38. The molecule has 2 heterocycles. The number of ether oxygens (including phenoxy) is 1. The second-order valence-corrected chi connectivity index (χ2v) is 7.53. The van der Waals surface area contributed by atoms with Crippen LogP contribution in [-0.4, -0.2) is 23.4 Å². The summed E-state index contributed by atoms with van der Waals surface area (Å²) in [7, 11) is 0. The average Bonchev–Trinajstić information content (AvgIpc) is 2.46. The second-order valence-electron chi connectivity index (χ2n) is 7.53. The lowest BCUT2D eigenvalue weighted by Gasteiger charge is -2.42. The Bertz CT molecular complexity index is 516. The molecular weight excluding hydrogens is 260 g/mol. The molecule has 0 radical (unpaired) electrons. The molecule has 0 saturated carbocycles. The summed E-state index contributed by atoms with van der Waals surface area (Å²) in [5, 5.41) is 9.18. The van der Waals surface area contributed by atoms with E-state index in [0.29, 0.717) is 17.3 Å². The molecule has 0 N–H and O–H groups in total. The zero-order valence-corrected chi connectivity index (χ0v) is 13.9. The van der Waals surface area contributed by atoms with Gasteiger partial charge in [-0.3, -0.25) is 0 Å². The fourth-order valence-corrected chi connectivity index (χ4v) is 4.03. The van der Waals surface area contributed by atoms with Gasteiger partial charge in [0.2, 0.25) is 0 Å². The lowest BCUT2D eigenvalue weighted by Crippen LogP contribution is -2.36. The summed E-state index contributed by atoms with van der Waals surface area (Å²) < 4.78 is 5.60. The summed E-state index contributed by atoms with van der Waals surface area (Å²) in [5.41, 5.74) is 5.97. The highest BCUT2D eigenvalue weighted by atomic mass is 16.5. The Morgan fingerprint density at radius 1 is 0.857 bits per heavy atom. The molecule has 1 aliphatic heterocycles. The third kappa shape index (κ3) is 2.73. The molecule has 1 aromatic heterocycles. The molecule has 0 amide bonds. The fourth-order valence-electron chi connectivity index (χ4n) is 4.03. The number of fused-ring (bicyclic) bond motifs is 1. The predicted molar refractivity (Wildman–Crippen MR) is 84.7 cm³/mol. The Balaban J connectivity index is 2.03. The largest absolute Gasteiger partial charge is 0.381 e. The first kappa shape index (κ1) is 15.0. The van der Waals surface area contributed by atoms with Gasteiger partial charge in [-0.25, -0.2) is 0 Å². The van der Waals surface area contributed by atoms with Crippen molar-refractivity contribution < 1.29 is 4.74 Å². The van der Waals surface area contributed by atoms with Gasteiger partial charge in [0.05, 0.1) is 11.4 Å². The van der Waals surface area contributed by atoms with Gasteiger partial charge in [0.25, 0.3) is 0 Å². The van der Waals surface area contributed by atoms with Crippen LogP contribution in [0.15, 0.2) is 0 Å². The van der Waals surface area contributed by atoms with Crippen LogP contribution in [0.3, 0.4) is 0 Å². The Labute approximate surface area is 128 Å². The molecule has 1 fully saturated rings. The maximum Gasteiger partial charge on any atom is 0.0691 e. The van der Waals surface area contributed by atoms with Crippen molar-refractivity contribution in [3.63, 3.8) is 0 Å². The molecule has 21 heavy (non-hydrogen) atoms. The molecule has 1 saturated heterocycles. The maximum absolute atomic E-state index is 5.60. The molecule has 1 aliphatic carbocycles. The molecule has 0 atom stereocenters. The van der Waals surface area contributed by atoms with E-state index in [2.05, 4.69) is 37.9 Å². The zero-order valence-electron chi connectivity index (χ0n) is 13.9. The number of hydrogen-bond donors (Lipinski definition) is 0. The van der Waals surface area contributed by atoms with Crippen LogP contribution in [0.1, 0.15) is 81.3 Å². The SMILES string of the molecule is CC(C)c1nnc(C(C)C)c2c1CCC1(CCOCC1)C2. The van der Waals surface area contributed by atoms with Crippen molar-refractivity contribution in [2.75, 3.05) is 13.2 Å². The fraction of sp³-hybridized carbons (Fsp3) is 0.778. The molecule has 0 bridgehead atoms. The smallest absolute Gasteiger partial charge is 0.0691 e. The quantitative estimate of drug-likeness (QED) is 0.824. The Hall–Kier alpha value is -0.960. The molecule has 0 aromatic carbocycles. The first-order valence-corrected chi connectivity index (χ1v) is 8.48. The number of rotatable bonds is 2. The number of aromatic nitrogens is 2. The van der Waals surface area contributed by atoms with Crippen LogP contribution < -0.4 is 0 Å². The van der Waals surface area contributed by atoms with Gasteiger partial charge in [-0.15, -0.1) is 0 Å². The van der Waals surface area contributed by atoms with E-state index in [-0.39, 0.29) is 0 Å². The van der Waals surface area contributed by atoms with E-state index in [0.717, 1.165) is 13.2 Å². The molecule has 1 aromatic rings. The number of hydrogen-bond acceptors (Lipinski definition) is 3. The van der Waals surface area contributed by atoms with Crippen LogP contribution in [0.2, 0.25) is 0 Å². The van der Waals surface area contributed by atoms with Gasteiger partial charge in [-0.2, -0.15) is 10.2 Å². The summed E-state index contributed by atoms with van der Waals surface area (Å²) >= 11 is 0. The highest BCUT2D eigenvalue weighted by molar-refractivity contribution is 5.39. The normalized spacial score (nSPS) is 21.0. The van der Waals surface area contributed by atoms with Gasteiger partial charge < -0.3 is 4.74 Å². The predicted octanol–water partition coefficient (Wildman–Crippen LogP) is 4.01. The summed E-state index contributed by atoms with van der Waals surface area (Å²) in [6.45, 7) is 10.8. The summed E-state index contributed by atoms with van der Waals surface area (Å²) in [6, 6.07) is 0. The zero-order chi connectivity index (χ0) is 15.0. The van der Waals surface area contributed by atoms with E-state index in [4.69, 9.17) is 4.74 Å². The van der Waals surface area contributed by atoms with Crippen molar-refractivity contribution in [3.05, 3.63) is 22.5 Å². The van der Waals surface area contributed by atoms with Gasteiger partial charge >= 0.3 is 0 Å². The molecule has 3 rings (SSSR count). The van der Waals surface area contributed by atoms with E-state index >= 15 is 0 Å². The maximum atomic E-state index is 5.60. The summed E-state index contributed by atoms with van der Waals surface area (Å²) in [6.07, 6.45) is 6.09. The van der Waals surface area contributed by atoms with Crippen LogP contribution in [0.25, 0.3) is 0 Å². The van der Waals surface area contributed by atoms with Gasteiger partial charge in [0.1, 0.15) is 0 Å². The minimum atomic E-state index is 0.461. The van der Waals surface area contributed by atoms with E-state index in [1.54, 1.807) is 0 Å². The molecule has 116 valence electrons. The number of nitrogens with zero attached hydrogens (tertiary/aromatic N) is 2. The highest BCUT2D eigenvalue weighted by Crippen LogP contribution is 2.45. The molecule has 3 nitrogen and oxygen atoms in total. The molecule has 2 aliphatic rings. The van der Waals surface area contributed by atoms with Crippen LogP contribution >= 0.6 is 0 Å². The van der Waals surface area contributed by atoms with Crippen molar-refractivity contribution in [2.45, 2.75) is 71.6 Å². The third-order valence-corrected chi connectivity index (χ3v) is 5.35. The lowest BCUT2D eigenvalue weighted by atomic mass is 9.66. The molecular formula is C18H28N2O. The van der Waals surface area contributed by atoms with Crippen molar-refractivity contribution in [2.24, 2.45) is 5.41 Å². The molecule has 3 heteroatoms. The summed E-state index contributed by atoms with van der Waals surface area (Å²) in [4.78, 5) is 0. The monoisotopic (exact) mass is 288 g/mol. The van der Waals surface area contributed by atoms with Crippen molar-refractivity contribution in [1.82, 2.24) is 10.2 Å². The first-order chi connectivity index (χ1) is 10.0. The Kier molecular flexibility index (Phi) is 4.04. The Morgan fingerprint density at radius 2 is 1.43 bits per heavy atom. The van der Waals surface area contributed by atoms with Crippen molar-refractivity contribution in [1.29, 1.82) is 0 Å². The van der Waals surface area contributed by atoms with Crippen molar-refractivity contribution in [3.8, 4) is 0 Å². The van der Waals surface area contributed by atoms with Crippen LogP contribution in [-0.2, 0) is 17.6 Å². The van der Waals surface area contributed by atoms with Crippen LogP contribution in [0, 0.1) is 5.41 Å². The Morgan fingerprint density at radius 3 is 2.00 bits per heavy atom. The molecule has 1 spiro atoms.